The number of likely N-dealkylation sites (tertiary alicyclic amines) is 1. The van der Waals surface area contributed by atoms with Crippen molar-refractivity contribution < 1.29 is 14.3 Å². The number of nitrogens with one attached hydrogen (secondary N) is 2. The normalized spacial score (nSPS) is 28.2. The number of urea groups is 1. The van der Waals surface area contributed by atoms with Crippen molar-refractivity contribution in [3.05, 3.63) is 29.8 Å². The highest BCUT2D eigenvalue weighted by Crippen LogP contribution is 2.35. The number of rotatable bonds is 8. The van der Waals surface area contributed by atoms with Crippen molar-refractivity contribution >= 4 is 23.7 Å². The molecule has 3 aliphatic rings. The summed E-state index contributed by atoms with van der Waals surface area (Å²) in [6, 6.07) is 8.90. The quantitative estimate of drug-likeness (QED) is 0.502. The van der Waals surface area contributed by atoms with Gasteiger partial charge in [0.05, 0.1) is 24.7 Å². The van der Waals surface area contributed by atoms with Gasteiger partial charge in [-0.1, -0.05) is 18.6 Å². The van der Waals surface area contributed by atoms with Gasteiger partial charge in [-0.25, -0.2) is 4.79 Å². The second kappa shape index (κ2) is 9.28. The van der Waals surface area contributed by atoms with Crippen molar-refractivity contribution in [1.82, 2.24) is 15.5 Å². The molecule has 2 N–H and O–H groups in total. The minimum Gasteiger partial charge on any atom is -0.494 e. The van der Waals surface area contributed by atoms with E-state index in [1.165, 1.54) is 5.56 Å². The Labute approximate surface area is 177 Å². The number of unbranched alkanes of at least 4 members (excludes halogenated alkanes) is 1. The third kappa shape index (κ3) is 4.65. The van der Waals surface area contributed by atoms with Crippen LogP contribution < -0.4 is 15.4 Å². The number of nitrogens with zero attached hydrogens (tertiary/aromatic N) is 1. The number of hydrogen-bond acceptors (Lipinski definition) is 4. The molecule has 0 bridgehead atoms. The van der Waals surface area contributed by atoms with E-state index in [1.807, 2.05) is 30.8 Å². The Balaban J connectivity index is 1.23. The molecule has 0 saturated carbocycles. The third-order valence-corrected chi connectivity index (χ3v) is 7.73. The number of hydrogen-bond donors (Lipinski definition) is 2. The minimum atomic E-state index is -0.0326. The molecular formula is C22H31N3O3S. The number of ether oxygens (including phenoxy) is 1. The first kappa shape index (κ1) is 20.4. The standard InChI is InChI=1S/C22H31N3O3S/c1-2-28-16-11-9-15(10-12-16)18-6-5-13-25(18)20(26)8-4-3-7-19-21-17(14-29-19)23-22(27)24-21/h9-12,17-19,21H,2-8,13-14H2,1H3,(H2,23,24,27)/t17-,18?,19-,21-/m0/s1. The molecule has 1 aromatic rings. The maximum Gasteiger partial charge on any atom is 0.315 e. The van der Waals surface area contributed by atoms with Gasteiger partial charge in [0.25, 0.3) is 0 Å². The van der Waals surface area contributed by atoms with Crippen LogP contribution in [0.1, 0.15) is 57.1 Å². The number of fused-ring (bicyclic) bond motifs is 1. The van der Waals surface area contributed by atoms with Gasteiger partial charge in [-0.15, -0.1) is 0 Å². The van der Waals surface area contributed by atoms with Crippen molar-refractivity contribution in [2.45, 2.75) is 68.8 Å². The lowest BCUT2D eigenvalue weighted by Crippen LogP contribution is -2.36. The molecule has 0 aromatic heterocycles. The predicted molar refractivity (Wildman–Crippen MR) is 115 cm³/mol. The summed E-state index contributed by atoms with van der Waals surface area (Å²) in [4.78, 5) is 26.4. The average Bonchev–Trinajstić information content (AvgIpc) is 3.42. The van der Waals surface area contributed by atoms with Gasteiger partial charge in [0.2, 0.25) is 5.91 Å². The summed E-state index contributed by atoms with van der Waals surface area (Å²) in [6.45, 7) is 3.50. The zero-order valence-electron chi connectivity index (χ0n) is 17.1. The third-order valence-electron chi connectivity index (χ3n) is 6.22. The second-order valence-corrected chi connectivity index (χ2v) is 9.39. The zero-order valence-corrected chi connectivity index (χ0v) is 17.9. The minimum absolute atomic E-state index is 0.0326. The number of amides is 3. The van der Waals surface area contributed by atoms with E-state index in [0.29, 0.717) is 18.3 Å². The van der Waals surface area contributed by atoms with Crippen LogP contribution >= 0.6 is 11.8 Å². The van der Waals surface area contributed by atoms with Crippen LogP contribution in [0.3, 0.4) is 0 Å². The van der Waals surface area contributed by atoms with E-state index in [-0.39, 0.29) is 30.1 Å². The fourth-order valence-corrected chi connectivity index (χ4v) is 6.32. The molecule has 1 aromatic carbocycles. The van der Waals surface area contributed by atoms with E-state index in [4.69, 9.17) is 4.74 Å². The van der Waals surface area contributed by atoms with Gasteiger partial charge in [-0.3, -0.25) is 4.79 Å². The lowest BCUT2D eigenvalue weighted by atomic mass is 10.0. The summed E-state index contributed by atoms with van der Waals surface area (Å²) >= 11 is 1.94. The second-order valence-electron chi connectivity index (χ2n) is 8.11. The highest BCUT2D eigenvalue weighted by Gasteiger charge is 2.42. The summed E-state index contributed by atoms with van der Waals surface area (Å²) < 4.78 is 5.53. The number of carbonyl (C=O) groups excluding carboxylic acids is 2. The van der Waals surface area contributed by atoms with Crippen molar-refractivity contribution in [2.75, 3.05) is 18.9 Å². The van der Waals surface area contributed by atoms with Gasteiger partial charge in [0.1, 0.15) is 5.75 Å². The van der Waals surface area contributed by atoms with E-state index in [0.717, 1.165) is 50.2 Å². The molecule has 3 saturated heterocycles. The summed E-state index contributed by atoms with van der Waals surface area (Å²) in [5.74, 6) is 2.15. The molecule has 3 fully saturated rings. The van der Waals surface area contributed by atoms with Crippen LogP contribution in [-0.4, -0.2) is 53.1 Å². The SMILES string of the molecule is CCOc1ccc(C2CCCN2C(=O)CCCC[C@@H]2SC[C@@H]3NC(=O)N[C@@H]32)cc1. The van der Waals surface area contributed by atoms with Crippen LogP contribution in [0.4, 0.5) is 4.79 Å². The highest BCUT2D eigenvalue weighted by molar-refractivity contribution is 8.00. The first-order valence-electron chi connectivity index (χ1n) is 10.9. The van der Waals surface area contributed by atoms with Crippen molar-refractivity contribution in [3.8, 4) is 5.75 Å². The van der Waals surface area contributed by atoms with Crippen LogP contribution in [0.2, 0.25) is 0 Å². The van der Waals surface area contributed by atoms with E-state index in [2.05, 4.69) is 27.7 Å². The first-order valence-corrected chi connectivity index (χ1v) is 11.9. The maximum absolute atomic E-state index is 12.8. The Morgan fingerprint density at radius 2 is 2.07 bits per heavy atom. The Kier molecular flexibility index (Phi) is 6.53. The summed E-state index contributed by atoms with van der Waals surface area (Å²) in [5.41, 5.74) is 1.21. The van der Waals surface area contributed by atoms with E-state index in [1.54, 1.807) is 0 Å². The summed E-state index contributed by atoms with van der Waals surface area (Å²) in [6.07, 6.45) is 5.73. The lowest BCUT2D eigenvalue weighted by Gasteiger charge is -2.25. The summed E-state index contributed by atoms with van der Waals surface area (Å²) in [5, 5.41) is 6.49. The fraction of sp³-hybridized carbons (Fsp3) is 0.636. The first-order chi connectivity index (χ1) is 14.2. The molecule has 4 atom stereocenters. The Morgan fingerprint density at radius 1 is 1.24 bits per heavy atom. The fourth-order valence-electron chi connectivity index (χ4n) is 4.77. The van der Waals surface area contributed by atoms with Gasteiger partial charge in [-0.05, 0) is 50.3 Å². The monoisotopic (exact) mass is 417 g/mol. The maximum atomic E-state index is 12.8. The molecule has 0 spiro atoms. The van der Waals surface area contributed by atoms with Crippen molar-refractivity contribution in [1.29, 1.82) is 0 Å². The molecule has 4 rings (SSSR count). The summed E-state index contributed by atoms with van der Waals surface area (Å²) in [7, 11) is 0. The lowest BCUT2D eigenvalue weighted by molar-refractivity contribution is -0.132. The number of thioether (sulfide) groups is 1. The van der Waals surface area contributed by atoms with E-state index >= 15 is 0 Å². The largest absolute Gasteiger partial charge is 0.494 e. The van der Waals surface area contributed by atoms with Gasteiger partial charge in [0.15, 0.2) is 0 Å². The topological polar surface area (TPSA) is 70.7 Å². The van der Waals surface area contributed by atoms with Crippen LogP contribution in [0, 0.1) is 0 Å². The smallest absolute Gasteiger partial charge is 0.315 e. The molecule has 0 aliphatic carbocycles. The van der Waals surface area contributed by atoms with Gasteiger partial charge in [-0.2, -0.15) is 11.8 Å². The highest BCUT2D eigenvalue weighted by atomic mass is 32.2. The Bertz CT molecular complexity index is 727. The van der Waals surface area contributed by atoms with Crippen molar-refractivity contribution in [2.24, 2.45) is 0 Å². The number of benzene rings is 1. The zero-order chi connectivity index (χ0) is 20.2. The van der Waals surface area contributed by atoms with Crippen LogP contribution in [-0.2, 0) is 4.79 Å². The van der Waals surface area contributed by atoms with Crippen LogP contribution in [0.5, 0.6) is 5.75 Å². The van der Waals surface area contributed by atoms with Gasteiger partial charge >= 0.3 is 6.03 Å². The molecule has 0 radical (unpaired) electrons. The molecule has 3 heterocycles. The molecule has 158 valence electrons. The van der Waals surface area contributed by atoms with Gasteiger partial charge < -0.3 is 20.3 Å². The molecule has 1 unspecified atom stereocenters. The molecule has 3 amide bonds. The molecular weight excluding hydrogens is 386 g/mol. The molecule has 6 nitrogen and oxygen atoms in total. The van der Waals surface area contributed by atoms with Crippen molar-refractivity contribution in [3.63, 3.8) is 0 Å². The average molecular weight is 418 g/mol. The van der Waals surface area contributed by atoms with Crippen LogP contribution in [0.25, 0.3) is 0 Å². The molecule has 7 heteroatoms. The van der Waals surface area contributed by atoms with Gasteiger partial charge in [0, 0.05) is 24.0 Å². The predicted octanol–water partition coefficient (Wildman–Crippen LogP) is 3.47. The molecule has 29 heavy (non-hydrogen) atoms. The molecule has 3 aliphatic heterocycles. The number of carbonyl (C=O) groups is 2. The van der Waals surface area contributed by atoms with Crippen LogP contribution in [0.15, 0.2) is 24.3 Å². The Morgan fingerprint density at radius 3 is 2.86 bits per heavy atom. The Hall–Kier alpha value is -1.89. The van der Waals surface area contributed by atoms with E-state index < -0.39 is 0 Å². The van der Waals surface area contributed by atoms with E-state index in [9.17, 15) is 9.59 Å².